The van der Waals surface area contributed by atoms with Crippen molar-refractivity contribution in [3.8, 4) is 0 Å². The monoisotopic (exact) mass is 426 g/mol. The molecule has 0 aliphatic heterocycles. The molecule has 0 saturated heterocycles. The van der Waals surface area contributed by atoms with Crippen molar-refractivity contribution in [2.45, 2.75) is 6.92 Å². The van der Waals surface area contributed by atoms with Crippen LogP contribution in [0.25, 0.3) is 0 Å². The molecule has 2 amide bonds. The predicted octanol–water partition coefficient (Wildman–Crippen LogP) is 2.74. The number of hydrogen-bond donors (Lipinski definition) is 2. The molecule has 0 heterocycles. The fraction of sp³-hybridized carbons (Fsp3) is 0.273. The van der Waals surface area contributed by atoms with E-state index in [0.717, 1.165) is 8.04 Å². The summed E-state index contributed by atoms with van der Waals surface area (Å²) < 4.78 is 6.63. The van der Waals surface area contributed by atoms with Crippen molar-refractivity contribution in [3.05, 3.63) is 26.2 Å². The molecule has 0 spiro atoms. The van der Waals surface area contributed by atoms with E-state index < -0.39 is 12.0 Å². The van der Waals surface area contributed by atoms with Gasteiger partial charge in [0.2, 0.25) is 0 Å². The highest BCUT2D eigenvalue weighted by Crippen LogP contribution is 2.22. The van der Waals surface area contributed by atoms with Gasteiger partial charge in [0.05, 0.1) is 6.61 Å². The van der Waals surface area contributed by atoms with Crippen LogP contribution < -0.4 is 10.6 Å². The van der Waals surface area contributed by atoms with E-state index in [2.05, 4.69) is 53.9 Å². The molecule has 0 radical (unpaired) electrons. The largest absolute Gasteiger partial charge is 0.465 e. The van der Waals surface area contributed by atoms with E-state index in [1.165, 1.54) is 0 Å². The smallest absolute Gasteiger partial charge is 0.325 e. The second-order valence-electron chi connectivity index (χ2n) is 3.24. The molecule has 7 heteroatoms. The molecule has 0 atom stereocenters. The summed E-state index contributed by atoms with van der Waals surface area (Å²) in [6, 6.07) is 4.97. The molecule has 1 aromatic carbocycles. The Hall–Kier alpha value is -0.830. The summed E-state index contributed by atoms with van der Waals surface area (Å²) >= 11 is 5.51. The van der Waals surface area contributed by atoms with Crippen molar-refractivity contribution < 1.29 is 14.3 Å². The lowest BCUT2D eigenvalue weighted by Crippen LogP contribution is -2.34. The third-order valence-corrected chi connectivity index (χ3v) is 4.20. The molecular formula is C11H12BrIN2O3. The van der Waals surface area contributed by atoms with Gasteiger partial charge in [-0.25, -0.2) is 4.79 Å². The Morgan fingerprint density at radius 2 is 2.17 bits per heavy atom. The quantitative estimate of drug-likeness (QED) is 0.574. The minimum atomic E-state index is -0.460. The zero-order chi connectivity index (χ0) is 13.5. The Morgan fingerprint density at radius 3 is 2.78 bits per heavy atom. The van der Waals surface area contributed by atoms with Crippen molar-refractivity contribution in [1.29, 1.82) is 0 Å². The number of amides is 2. The van der Waals surface area contributed by atoms with E-state index in [1.807, 2.05) is 12.1 Å². The number of carbonyl (C=O) groups excluding carboxylic acids is 2. The zero-order valence-corrected chi connectivity index (χ0v) is 13.4. The summed E-state index contributed by atoms with van der Waals surface area (Å²) in [4.78, 5) is 22.5. The van der Waals surface area contributed by atoms with Gasteiger partial charge in [0.1, 0.15) is 6.54 Å². The molecule has 0 bridgehead atoms. The summed E-state index contributed by atoms with van der Waals surface area (Å²) in [5.41, 5.74) is 0.656. The van der Waals surface area contributed by atoms with Gasteiger partial charge in [0.25, 0.3) is 0 Å². The second kappa shape index (κ2) is 7.57. The average molecular weight is 427 g/mol. The highest BCUT2D eigenvalue weighted by atomic mass is 127. The van der Waals surface area contributed by atoms with Crippen molar-refractivity contribution >= 4 is 56.2 Å². The summed E-state index contributed by atoms with van der Waals surface area (Å²) in [6.07, 6.45) is 0. The first-order chi connectivity index (χ1) is 8.52. The third kappa shape index (κ3) is 5.21. The first-order valence-corrected chi connectivity index (χ1v) is 7.05. The maximum Gasteiger partial charge on any atom is 0.325 e. The Kier molecular flexibility index (Phi) is 6.41. The van der Waals surface area contributed by atoms with Gasteiger partial charge < -0.3 is 15.4 Å². The van der Waals surface area contributed by atoms with Crippen LogP contribution in [0.5, 0.6) is 0 Å². The molecule has 0 fully saturated rings. The molecular weight excluding hydrogens is 415 g/mol. The summed E-state index contributed by atoms with van der Waals surface area (Å²) in [5.74, 6) is -0.460. The number of anilines is 1. The van der Waals surface area contributed by atoms with Gasteiger partial charge in [-0.3, -0.25) is 4.79 Å². The Bertz CT molecular complexity index is 454. The van der Waals surface area contributed by atoms with Crippen molar-refractivity contribution in [3.63, 3.8) is 0 Å². The van der Waals surface area contributed by atoms with Gasteiger partial charge in [-0.1, -0.05) is 0 Å². The molecule has 0 aliphatic carbocycles. The second-order valence-corrected chi connectivity index (χ2v) is 5.26. The van der Waals surface area contributed by atoms with E-state index in [1.54, 1.807) is 13.0 Å². The van der Waals surface area contributed by atoms with E-state index in [4.69, 9.17) is 0 Å². The predicted molar refractivity (Wildman–Crippen MR) is 80.5 cm³/mol. The molecule has 2 N–H and O–H groups in total. The van der Waals surface area contributed by atoms with Gasteiger partial charge in [-0.15, -0.1) is 0 Å². The summed E-state index contributed by atoms with van der Waals surface area (Å²) in [5, 5.41) is 5.04. The number of esters is 1. The number of benzene rings is 1. The number of hydrogen-bond acceptors (Lipinski definition) is 3. The van der Waals surface area contributed by atoms with Gasteiger partial charge in [-0.2, -0.15) is 0 Å². The highest BCUT2D eigenvalue weighted by Gasteiger charge is 2.06. The maximum atomic E-state index is 11.5. The highest BCUT2D eigenvalue weighted by molar-refractivity contribution is 14.1. The van der Waals surface area contributed by atoms with E-state index in [0.29, 0.717) is 12.3 Å². The molecule has 1 rings (SSSR count). The molecule has 0 saturated carbocycles. The van der Waals surface area contributed by atoms with E-state index >= 15 is 0 Å². The molecule has 5 nitrogen and oxygen atoms in total. The average Bonchev–Trinajstić information content (AvgIpc) is 2.32. The molecule has 0 aromatic heterocycles. The molecule has 18 heavy (non-hydrogen) atoms. The minimum Gasteiger partial charge on any atom is -0.465 e. The number of urea groups is 1. The lowest BCUT2D eigenvalue weighted by Gasteiger charge is -2.08. The van der Waals surface area contributed by atoms with Crippen LogP contribution in [0.4, 0.5) is 10.5 Å². The Morgan fingerprint density at radius 1 is 1.44 bits per heavy atom. The Balaban J connectivity index is 2.44. The van der Waals surface area contributed by atoms with Gasteiger partial charge >= 0.3 is 12.0 Å². The number of halogens is 2. The standard InChI is InChI=1S/C11H12BrIN2O3/c1-2-18-10(16)6-14-11(17)15-7-3-4-8(12)9(13)5-7/h3-5H,2,6H2,1H3,(H2,14,15,17). The first kappa shape index (κ1) is 15.2. The molecule has 0 unspecified atom stereocenters. The van der Waals surface area contributed by atoms with Crippen molar-refractivity contribution in [2.75, 3.05) is 18.5 Å². The van der Waals surface area contributed by atoms with Crippen LogP contribution in [0.2, 0.25) is 0 Å². The topological polar surface area (TPSA) is 67.4 Å². The zero-order valence-electron chi connectivity index (χ0n) is 9.63. The van der Waals surface area contributed by atoms with Gasteiger partial charge in [0.15, 0.2) is 0 Å². The fourth-order valence-corrected chi connectivity index (χ4v) is 1.88. The third-order valence-electron chi connectivity index (χ3n) is 1.88. The number of ether oxygens (including phenoxy) is 1. The number of nitrogens with one attached hydrogen (secondary N) is 2. The van der Waals surface area contributed by atoms with Crippen molar-refractivity contribution in [2.24, 2.45) is 0 Å². The van der Waals surface area contributed by atoms with Gasteiger partial charge in [-0.05, 0) is 63.6 Å². The maximum absolute atomic E-state index is 11.5. The van der Waals surface area contributed by atoms with Crippen LogP contribution in [0.1, 0.15) is 6.92 Å². The minimum absolute atomic E-state index is 0.146. The van der Waals surface area contributed by atoms with Crippen LogP contribution in [-0.2, 0) is 9.53 Å². The van der Waals surface area contributed by atoms with E-state index in [-0.39, 0.29) is 6.54 Å². The number of rotatable bonds is 4. The molecule has 1 aromatic rings. The van der Waals surface area contributed by atoms with Crippen molar-refractivity contribution in [1.82, 2.24) is 5.32 Å². The number of carbonyl (C=O) groups is 2. The van der Waals surface area contributed by atoms with Gasteiger partial charge in [0, 0.05) is 13.7 Å². The van der Waals surface area contributed by atoms with Crippen LogP contribution in [0.3, 0.4) is 0 Å². The lowest BCUT2D eigenvalue weighted by atomic mass is 10.3. The first-order valence-electron chi connectivity index (χ1n) is 5.18. The van der Waals surface area contributed by atoms with E-state index in [9.17, 15) is 9.59 Å². The Labute approximate surface area is 127 Å². The fourth-order valence-electron chi connectivity index (χ4n) is 1.11. The van der Waals surface area contributed by atoms with Crippen LogP contribution in [-0.4, -0.2) is 25.2 Å². The van der Waals surface area contributed by atoms with Crippen LogP contribution >= 0.6 is 38.5 Å². The molecule has 0 aliphatic rings. The molecule has 98 valence electrons. The SMILES string of the molecule is CCOC(=O)CNC(=O)Nc1ccc(Br)c(I)c1. The lowest BCUT2D eigenvalue weighted by molar-refractivity contribution is -0.141. The summed E-state index contributed by atoms with van der Waals surface area (Å²) in [7, 11) is 0. The normalized spacial score (nSPS) is 9.72. The van der Waals surface area contributed by atoms with Crippen LogP contribution in [0.15, 0.2) is 22.7 Å². The van der Waals surface area contributed by atoms with Crippen LogP contribution in [0, 0.1) is 3.57 Å². The summed E-state index contributed by atoms with van der Waals surface area (Å²) in [6.45, 7) is 1.86.